The van der Waals surface area contributed by atoms with Crippen LogP contribution in [0.1, 0.15) is 15.9 Å². The molecule has 4 nitrogen and oxygen atoms in total. The first-order valence-electron chi connectivity index (χ1n) is 5.19. The van der Waals surface area contributed by atoms with Crippen LogP contribution < -0.4 is 4.74 Å². The van der Waals surface area contributed by atoms with Crippen LogP contribution in [0.3, 0.4) is 0 Å². The first-order valence-corrected chi connectivity index (χ1v) is 5.99. The van der Waals surface area contributed by atoms with Gasteiger partial charge >= 0.3 is 5.97 Å². The minimum absolute atomic E-state index is 0.188. The molecule has 0 saturated carbocycles. The molecule has 0 saturated heterocycles. The van der Waals surface area contributed by atoms with Gasteiger partial charge in [0.1, 0.15) is 5.75 Å². The Balaban J connectivity index is 2.30. The molecule has 1 aromatic carbocycles. The Labute approximate surface area is 112 Å². The summed E-state index contributed by atoms with van der Waals surface area (Å²) in [4.78, 5) is 15.0. The fraction of sp³-hybridized carbons (Fsp3) is 0.0769. The molecule has 1 aromatic heterocycles. The zero-order valence-corrected chi connectivity index (χ0v) is 11.1. The third-order valence-electron chi connectivity index (χ3n) is 2.35. The van der Waals surface area contributed by atoms with Gasteiger partial charge < -0.3 is 9.84 Å². The van der Waals surface area contributed by atoms with Gasteiger partial charge in [-0.2, -0.15) is 0 Å². The van der Waals surface area contributed by atoms with Gasteiger partial charge in [0.25, 0.3) is 0 Å². The van der Waals surface area contributed by atoms with E-state index in [0.29, 0.717) is 11.6 Å². The van der Waals surface area contributed by atoms with Gasteiger partial charge in [0.05, 0.1) is 5.56 Å². The van der Waals surface area contributed by atoms with E-state index >= 15 is 0 Å². The number of nitrogens with zero attached hydrogens (tertiary/aromatic N) is 1. The molecule has 18 heavy (non-hydrogen) atoms. The van der Waals surface area contributed by atoms with E-state index in [0.717, 1.165) is 10.0 Å². The topological polar surface area (TPSA) is 59.4 Å². The molecule has 2 aromatic rings. The summed E-state index contributed by atoms with van der Waals surface area (Å²) in [6, 6.07) is 8.24. The highest BCUT2D eigenvalue weighted by atomic mass is 79.9. The number of halogens is 1. The van der Waals surface area contributed by atoms with E-state index in [1.54, 1.807) is 30.5 Å². The van der Waals surface area contributed by atoms with Crippen LogP contribution in [-0.4, -0.2) is 16.1 Å². The molecule has 92 valence electrons. The van der Waals surface area contributed by atoms with Gasteiger partial charge in [0.15, 0.2) is 0 Å². The first-order chi connectivity index (χ1) is 8.56. The van der Waals surface area contributed by atoms with Crippen molar-refractivity contribution >= 4 is 21.9 Å². The molecule has 0 aliphatic heterocycles. The Morgan fingerprint density at radius 1 is 1.33 bits per heavy atom. The van der Waals surface area contributed by atoms with Crippen molar-refractivity contribution in [1.82, 2.24) is 4.98 Å². The largest absolute Gasteiger partial charge is 0.478 e. The molecule has 0 atom stereocenters. The predicted molar refractivity (Wildman–Crippen MR) is 70.1 cm³/mol. The lowest BCUT2D eigenvalue weighted by molar-refractivity contribution is 0.0696. The minimum atomic E-state index is -0.983. The van der Waals surface area contributed by atoms with Gasteiger partial charge in [-0.25, -0.2) is 9.78 Å². The van der Waals surface area contributed by atoms with Crippen LogP contribution >= 0.6 is 15.9 Å². The fourth-order valence-corrected chi connectivity index (χ4v) is 1.61. The van der Waals surface area contributed by atoms with Gasteiger partial charge in [0, 0.05) is 16.7 Å². The average Bonchev–Trinajstić information content (AvgIpc) is 2.34. The van der Waals surface area contributed by atoms with E-state index in [4.69, 9.17) is 9.84 Å². The molecule has 0 fully saturated rings. The number of hydrogen-bond donors (Lipinski definition) is 1. The number of pyridine rings is 1. The number of hydrogen-bond acceptors (Lipinski definition) is 3. The minimum Gasteiger partial charge on any atom is -0.478 e. The SMILES string of the molecule is Cc1ccc(C(=O)O)cc1Oc1ccc(Br)cn1. The average molecular weight is 308 g/mol. The van der Waals surface area contributed by atoms with Gasteiger partial charge in [-0.05, 0) is 46.6 Å². The summed E-state index contributed by atoms with van der Waals surface area (Å²) in [5.41, 5.74) is 1.04. The van der Waals surface area contributed by atoms with Crippen molar-refractivity contribution in [3.63, 3.8) is 0 Å². The molecule has 0 aliphatic rings. The lowest BCUT2D eigenvalue weighted by Gasteiger charge is -2.08. The molecular formula is C13H10BrNO3. The molecule has 1 heterocycles. The molecule has 0 spiro atoms. The highest BCUT2D eigenvalue weighted by molar-refractivity contribution is 9.10. The van der Waals surface area contributed by atoms with Crippen molar-refractivity contribution in [3.8, 4) is 11.6 Å². The summed E-state index contributed by atoms with van der Waals surface area (Å²) in [5, 5.41) is 8.93. The van der Waals surface area contributed by atoms with Gasteiger partial charge in [-0.15, -0.1) is 0 Å². The van der Waals surface area contributed by atoms with E-state index in [9.17, 15) is 4.79 Å². The van der Waals surface area contributed by atoms with Crippen molar-refractivity contribution in [2.24, 2.45) is 0 Å². The standard InChI is InChI=1S/C13H10BrNO3/c1-8-2-3-9(13(16)17)6-11(8)18-12-5-4-10(14)7-15-12/h2-7H,1H3,(H,16,17). The highest BCUT2D eigenvalue weighted by Gasteiger charge is 2.08. The number of carboxylic acid groups (broad SMARTS) is 1. The second-order valence-corrected chi connectivity index (χ2v) is 4.62. The molecule has 0 aliphatic carbocycles. The Kier molecular flexibility index (Phi) is 3.62. The number of benzene rings is 1. The van der Waals surface area contributed by atoms with E-state index in [-0.39, 0.29) is 5.56 Å². The second-order valence-electron chi connectivity index (χ2n) is 3.70. The van der Waals surface area contributed by atoms with Crippen molar-refractivity contribution in [2.45, 2.75) is 6.92 Å². The van der Waals surface area contributed by atoms with E-state index < -0.39 is 5.97 Å². The number of carbonyl (C=O) groups is 1. The zero-order valence-electron chi connectivity index (χ0n) is 9.55. The number of aromatic carboxylic acids is 1. The van der Waals surface area contributed by atoms with Gasteiger partial charge in [-0.3, -0.25) is 0 Å². The van der Waals surface area contributed by atoms with Crippen LogP contribution in [0, 0.1) is 6.92 Å². The van der Waals surface area contributed by atoms with Gasteiger partial charge in [-0.1, -0.05) is 6.07 Å². The number of aromatic nitrogens is 1. The van der Waals surface area contributed by atoms with Crippen LogP contribution in [0.15, 0.2) is 41.0 Å². The normalized spacial score (nSPS) is 10.1. The smallest absolute Gasteiger partial charge is 0.335 e. The first kappa shape index (κ1) is 12.6. The van der Waals surface area contributed by atoms with E-state index in [1.807, 2.05) is 6.92 Å². The van der Waals surface area contributed by atoms with Crippen molar-refractivity contribution in [1.29, 1.82) is 0 Å². The summed E-state index contributed by atoms with van der Waals surface area (Å²) >= 11 is 3.28. The number of rotatable bonds is 3. The summed E-state index contributed by atoms with van der Waals surface area (Å²) in [5.74, 6) is -0.0721. The molecular weight excluding hydrogens is 298 g/mol. The molecule has 2 rings (SSSR count). The molecule has 0 unspecified atom stereocenters. The Morgan fingerprint density at radius 3 is 2.72 bits per heavy atom. The quantitative estimate of drug-likeness (QED) is 0.940. The molecule has 0 amide bonds. The lowest BCUT2D eigenvalue weighted by Crippen LogP contribution is -1.98. The Bertz CT molecular complexity index is 581. The number of aryl methyl sites for hydroxylation is 1. The van der Waals surface area contributed by atoms with Crippen molar-refractivity contribution in [3.05, 3.63) is 52.1 Å². The van der Waals surface area contributed by atoms with Crippen molar-refractivity contribution < 1.29 is 14.6 Å². The summed E-state index contributed by atoms with van der Waals surface area (Å²) < 4.78 is 6.41. The fourth-order valence-electron chi connectivity index (χ4n) is 1.38. The van der Waals surface area contributed by atoms with Crippen LogP contribution in [0.4, 0.5) is 0 Å². The second kappa shape index (κ2) is 5.18. The van der Waals surface area contributed by atoms with Crippen molar-refractivity contribution in [2.75, 3.05) is 0 Å². The van der Waals surface area contributed by atoms with Crippen LogP contribution in [0.2, 0.25) is 0 Å². The summed E-state index contributed by atoms with van der Waals surface area (Å²) in [6.07, 6.45) is 1.62. The molecule has 0 bridgehead atoms. The monoisotopic (exact) mass is 307 g/mol. The Morgan fingerprint density at radius 2 is 2.11 bits per heavy atom. The van der Waals surface area contributed by atoms with Crippen LogP contribution in [0.25, 0.3) is 0 Å². The highest BCUT2D eigenvalue weighted by Crippen LogP contribution is 2.25. The molecule has 5 heteroatoms. The van der Waals surface area contributed by atoms with Crippen LogP contribution in [0.5, 0.6) is 11.6 Å². The number of ether oxygens (including phenoxy) is 1. The maximum atomic E-state index is 10.9. The maximum Gasteiger partial charge on any atom is 0.335 e. The van der Waals surface area contributed by atoms with E-state index in [2.05, 4.69) is 20.9 Å². The molecule has 0 radical (unpaired) electrons. The third kappa shape index (κ3) is 2.87. The van der Waals surface area contributed by atoms with E-state index in [1.165, 1.54) is 6.07 Å². The predicted octanol–water partition coefficient (Wildman–Crippen LogP) is 3.64. The van der Waals surface area contributed by atoms with Gasteiger partial charge in [0.2, 0.25) is 5.88 Å². The number of carboxylic acids is 1. The molecule has 1 N–H and O–H groups in total. The zero-order chi connectivity index (χ0) is 13.1. The third-order valence-corrected chi connectivity index (χ3v) is 2.82. The lowest BCUT2D eigenvalue weighted by atomic mass is 10.1. The summed E-state index contributed by atoms with van der Waals surface area (Å²) in [6.45, 7) is 1.85. The Hall–Kier alpha value is -1.88. The maximum absolute atomic E-state index is 10.9. The van der Waals surface area contributed by atoms with Crippen LogP contribution in [-0.2, 0) is 0 Å². The summed E-state index contributed by atoms with van der Waals surface area (Å²) in [7, 11) is 0.